The van der Waals surface area contributed by atoms with Gasteiger partial charge >= 0.3 is 0 Å². The molecule has 1 aliphatic carbocycles. The number of rotatable bonds is 6. The van der Waals surface area contributed by atoms with E-state index in [9.17, 15) is 9.90 Å². The van der Waals surface area contributed by atoms with Crippen LogP contribution in [-0.2, 0) is 4.79 Å². The van der Waals surface area contributed by atoms with Crippen LogP contribution in [0.5, 0.6) is 0 Å². The Bertz CT molecular complexity index is 623. The van der Waals surface area contributed by atoms with E-state index in [0.717, 1.165) is 0 Å². The number of amides is 1. The maximum atomic E-state index is 12.8. The second-order valence-corrected chi connectivity index (χ2v) is 6.94. The Morgan fingerprint density at radius 2 is 1.42 bits per heavy atom. The molecule has 3 rings (SSSR count). The summed E-state index contributed by atoms with van der Waals surface area (Å²) in [5, 5.41) is 12.5. The van der Waals surface area contributed by atoms with Crippen LogP contribution in [-0.4, -0.2) is 23.7 Å². The van der Waals surface area contributed by atoms with E-state index in [-0.39, 0.29) is 42.2 Å². The average molecular weight is 323 g/mol. The van der Waals surface area contributed by atoms with Crippen molar-refractivity contribution in [2.45, 2.75) is 31.7 Å². The van der Waals surface area contributed by atoms with Crippen LogP contribution < -0.4 is 5.32 Å². The lowest BCUT2D eigenvalue weighted by Gasteiger charge is -2.20. The van der Waals surface area contributed by atoms with Crippen molar-refractivity contribution in [3.05, 3.63) is 71.8 Å². The van der Waals surface area contributed by atoms with Crippen molar-refractivity contribution >= 4 is 5.91 Å². The Hall–Kier alpha value is -2.13. The maximum Gasteiger partial charge on any atom is 0.224 e. The molecule has 1 aliphatic rings. The first-order valence-electron chi connectivity index (χ1n) is 8.64. The van der Waals surface area contributed by atoms with Gasteiger partial charge in [0.1, 0.15) is 0 Å². The molecule has 2 aromatic rings. The molecule has 2 aromatic carbocycles. The number of hydrogen-bond acceptors (Lipinski definition) is 2. The minimum Gasteiger partial charge on any atom is -0.394 e. The smallest absolute Gasteiger partial charge is 0.224 e. The van der Waals surface area contributed by atoms with Gasteiger partial charge in [0.25, 0.3) is 0 Å². The summed E-state index contributed by atoms with van der Waals surface area (Å²) in [7, 11) is 0. The van der Waals surface area contributed by atoms with Crippen molar-refractivity contribution in [1.29, 1.82) is 0 Å². The van der Waals surface area contributed by atoms with Crippen molar-refractivity contribution in [2.75, 3.05) is 6.61 Å². The molecule has 0 bridgehead atoms. The second-order valence-electron chi connectivity index (χ2n) is 6.94. The quantitative estimate of drug-likeness (QED) is 0.857. The molecule has 3 heteroatoms. The highest BCUT2D eigenvalue weighted by Crippen LogP contribution is 2.60. The summed E-state index contributed by atoms with van der Waals surface area (Å²) in [5.74, 6) is 0.608. The van der Waals surface area contributed by atoms with Gasteiger partial charge in [-0.2, -0.15) is 0 Å². The zero-order chi connectivity index (χ0) is 17.1. The van der Waals surface area contributed by atoms with Gasteiger partial charge in [-0.1, -0.05) is 74.5 Å². The molecule has 0 saturated heterocycles. The number of hydrogen-bond donors (Lipinski definition) is 2. The van der Waals surface area contributed by atoms with Crippen LogP contribution in [0.2, 0.25) is 0 Å². The van der Waals surface area contributed by atoms with Crippen LogP contribution in [0.25, 0.3) is 0 Å². The van der Waals surface area contributed by atoms with Crippen molar-refractivity contribution in [2.24, 2.45) is 11.8 Å². The maximum absolute atomic E-state index is 12.8. The van der Waals surface area contributed by atoms with Crippen molar-refractivity contribution in [3.63, 3.8) is 0 Å². The van der Waals surface area contributed by atoms with E-state index >= 15 is 0 Å². The zero-order valence-corrected chi connectivity index (χ0v) is 14.2. The van der Waals surface area contributed by atoms with E-state index < -0.39 is 0 Å². The average Bonchev–Trinajstić information content (AvgIpc) is 3.36. The summed E-state index contributed by atoms with van der Waals surface area (Å²) >= 11 is 0. The van der Waals surface area contributed by atoms with Crippen LogP contribution >= 0.6 is 0 Å². The summed E-state index contributed by atoms with van der Waals surface area (Å²) in [6.07, 6.45) is 0. The number of carbonyl (C=O) groups is 1. The molecule has 1 amide bonds. The largest absolute Gasteiger partial charge is 0.394 e. The fourth-order valence-electron chi connectivity index (χ4n) is 3.52. The van der Waals surface area contributed by atoms with Crippen LogP contribution in [0.1, 0.15) is 36.8 Å². The topological polar surface area (TPSA) is 49.3 Å². The first-order chi connectivity index (χ1) is 11.6. The van der Waals surface area contributed by atoms with Crippen LogP contribution in [0, 0.1) is 11.8 Å². The van der Waals surface area contributed by atoms with E-state index in [0.29, 0.717) is 0 Å². The van der Waals surface area contributed by atoms with E-state index in [2.05, 4.69) is 29.6 Å². The van der Waals surface area contributed by atoms with Crippen molar-refractivity contribution < 1.29 is 9.90 Å². The molecule has 0 spiro atoms. The molecule has 0 heterocycles. The Balaban J connectivity index is 1.83. The Kier molecular flexibility index (Phi) is 5.00. The molecule has 0 unspecified atom stereocenters. The lowest BCUT2D eigenvalue weighted by Crippen LogP contribution is -2.42. The van der Waals surface area contributed by atoms with E-state index in [1.165, 1.54) is 11.1 Å². The van der Waals surface area contributed by atoms with E-state index in [4.69, 9.17) is 0 Å². The zero-order valence-electron chi connectivity index (χ0n) is 14.2. The van der Waals surface area contributed by atoms with E-state index in [1.54, 1.807) is 0 Å². The Morgan fingerprint density at radius 1 is 0.958 bits per heavy atom. The Morgan fingerprint density at radius 3 is 1.79 bits per heavy atom. The summed E-state index contributed by atoms with van der Waals surface area (Å²) in [6, 6.07) is 20.3. The molecular formula is C21H25NO2. The number of aliphatic hydroxyl groups excluding tert-OH is 1. The lowest BCUT2D eigenvalue weighted by molar-refractivity contribution is -0.123. The summed E-state index contributed by atoms with van der Waals surface area (Å²) < 4.78 is 0. The minimum absolute atomic E-state index is 0.0257. The van der Waals surface area contributed by atoms with Gasteiger partial charge in [0.05, 0.1) is 18.6 Å². The number of nitrogens with one attached hydrogen (secondary N) is 1. The molecular weight excluding hydrogens is 298 g/mol. The highest BCUT2D eigenvalue weighted by molar-refractivity contribution is 5.85. The van der Waals surface area contributed by atoms with Gasteiger partial charge < -0.3 is 10.4 Å². The van der Waals surface area contributed by atoms with Crippen molar-refractivity contribution in [1.82, 2.24) is 5.32 Å². The number of aliphatic hydroxyl groups is 1. The fraction of sp³-hybridized carbons (Fsp3) is 0.381. The molecule has 3 atom stereocenters. The summed E-state index contributed by atoms with van der Waals surface area (Å²) in [5.41, 5.74) is 2.41. The predicted octanol–water partition coefficient (Wildman–Crippen LogP) is 3.32. The van der Waals surface area contributed by atoms with Crippen molar-refractivity contribution in [3.8, 4) is 0 Å². The van der Waals surface area contributed by atoms with Crippen LogP contribution in [0.3, 0.4) is 0 Å². The third-order valence-corrected chi connectivity index (χ3v) is 5.02. The third kappa shape index (κ3) is 3.36. The second kappa shape index (κ2) is 7.18. The van der Waals surface area contributed by atoms with Gasteiger partial charge in [-0.3, -0.25) is 4.79 Å². The first-order valence-corrected chi connectivity index (χ1v) is 8.64. The normalized spacial score (nSPS) is 23.8. The van der Waals surface area contributed by atoms with Gasteiger partial charge in [-0.25, -0.2) is 0 Å². The highest BCUT2D eigenvalue weighted by atomic mass is 16.3. The molecule has 1 saturated carbocycles. The van der Waals surface area contributed by atoms with Gasteiger partial charge in [0, 0.05) is 11.8 Å². The molecule has 2 N–H and O–H groups in total. The number of carbonyl (C=O) groups excluding carboxylic acids is 1. The van der Waals surface area contributed by atoms with Gasteiger partial charge in [-0.05, 0) is 17.0 Å². The summed E-state index contributed by atoms with van der Waals surface area (Å²) in [6.45, 7) is 4.00. The predicted molar refractivity (Wildman–Crippen MR) is 95.7 cm³/mol. The van der Waals surface area contributed by atoms with Crippen LogP contribution in [0.4, 0.5) is 0 Å². The molecule has 1 fully saturated rings. The minimum atomic E-state index is -0.189. The van der Waals surface area contributed by atoms with E-state index in [1.807, 2.05) is 50.2 Å². The SMILES string of the molecule is CC(C)[C@@H](CO)NC(=O)C1[C@H](c2ccccc2)[C@H]1c1ccccc1. The van der Waals surface area contributed by atoms with Gasteiger partial charge in [-0.15, -0.1) is 0 Å². The van der Waals surface area contributed by atoms with Gasteiger partial charge in [0.15, 0.2) is 0 Å². The van der Waals surface area contributed by atoms with Gasteiger partial charge in [0.2, 0.25) is 5.91 Å². The lowest BCUT2D eigenvalue weighted by atomic mass is 10.0. The Labute approximate surface area is 143 Å². The third-order valence-electron chi connectivity index (χ3n) is 5.02. The summed E-state index contributed by atoms with van der Waals surface area (Å²) in [4.78, 5) is 12.8. The molecule has 3 nitrogen and oxygen atoms in total. The molecule has 126 valence electrons. The number of benzene rings is 2. The standard InChI is InChI=1S/C21H25NO2/c1-14(2)17(13-23)22-21(24)20-18(15-9-5-3-6-10-15)19(20)16-11-7-4-8-12-16/h3-12,14,17-20,23H,13H2,1-2H3,(H,22,24)/t17-,18-,19-/m1/s1. The highest BCUT2D eigenvalue weighted by Gasteiger charge is 2.56. The monoisotopic (exact) mass is 323 g/mol. The fourth-order valence-corrected chi connectivity index (χ4v) is 3.52. The molecule has 24 heavy (non-hydrogen) atoms. The van der Waals surface area contributed by atoms with Crippen LogP contribution in [0.15, 0.2) is 60.7 Å². The molecule has 0 radical (unpaired) electrons. The molecule has 0 aliphatic heterocycles. The first kappa shape index (κ1) is 16.7. The molecule has 0 aromatic heterocycles.